The summed E-state index contributed by atoms with van der Waals surface area (Å²) < 4.78 is 21.7. The molecule has 1 aliphatic rings. The van der Waals surface area contributed by atoms with Crippen molar-refractivity contribution in [2.75, 3.05) is 13.1 Å². The Hall–Kier alpha value is -4.22. The fourth-order valence-electron chi connectivity index (χ4n) is 5.06. The highest BCUT2D eigenvalue weighted by atomic mass is 32.1. The number of carbonyl (C=O) groups is 3. The van der Waals surface area contributed by atoms with Crippen LogP contribution in [0.3, 0.4) is 0 Å². The normalized spacial score (nSPS) is 13.5. The van der Waals surface area contributed by atoms with Crippen LogP contribution in [0.25, 0.3) is 20.8 Å². The SMILES string of the molecule is CCCN(Cc1ccc(-c2cc3nccc(Oc4ccc(CC(=O)CC5CC5)cc4F)c3s2)nc1)C(=O)CNC(=O)[C@@H](N)C(C)C. The number of ketones is 1. The van der Waals surface area contributed by atoms with Gasteiger partial charge in [0.15, 0.2) is 11.6 Å². The van der Waals surface area contributed by atoms with Crippen LogP contribution in [0.1, 0.15) is 57.6 Å². The quantitative estimate of drug-likeness (QED) is 0.161. The summed E-state index contributed by atoms with van der Waals surface area (Å²) in [6, 6.07) is 11.4. The van der Waals surface area contributed by atoms with Crippen molar-refractivity contribution in [2.45, 2.75) is 65.5 Å². The predicted molar refractivity (Wildman–Crippen MR) is 177 cm³/mol. The molecule has 3 aromatic heterocycles. The summed E-state index contributed by atoms with van der Waals surface area (Å²) in [5.74, 6) is 0.126. The van der Waals surface area contributed by atoms with Gasteiger partial charge >= 0.3 is 0 Å². The van der Waals surface area contributed by atoms with Crippen molar-refractivity contribution in [3.05, 3.63) is 71.8 Å². The molecule has 1 fully saturated rings. The van der Waals surface area contributed by atoms with Gasteiger partial charge in [0.1, 0.15) is 11.5 Å². The van der Waals surface area contributed by atoms with Gasteiger partial charge in [-0.1, -0.05) is 32.9 Å². The molecule has 0 aliphatic heterocycles. The molecule has 0 radical (unpaired) electrons. The van der Waals surface area contributed by atoms with E-state index in [2.05, 4.69) is 15.3 Å². The molecular formula is C35H40FN5O4S. The maximum Gasteiger partial charge on any atom is 0.242 e. The molecule has 1 atom stereocenters. The van der Waals surface area contributed by atoms with Gasteiger partial charge in [0.25, 0.3) is 0 Å². The number of ether oxygens (including phenoxy) is 1. The first-order valence-electron chi connectivity index (χ1n) is 15.7. The highest BCUT2D eigenvalue weighted by Crippen LogP contribution is 2.39. The zero-order valence-electron chi connectivity index (χ0n) is 26.4. The standard InChI is InChI=1S/C35H40FN5O4S/c1-4-13-41(32(43)19-40-35(44)33(37)21(2)3)20-24-7-9-27(39-18-24)31-17-28-34(46-31)30(11-12-38-28)45-29-10-8-23(16-26(29)36)15-25(42)14-22-5-6-22/h7-12,16-18,21-22,33H,4-6,13-15,19-20,37H2,1-3H3,(H,40,44)/t33-/m0/s1. The van der Waals surface area contributed by atoms with E-state index in [1.807, 2.05) is 39.0 Å². The molecule has 1 aliphatic carbocycles. The van der Waals surface area contributed by atoms with E-state index in [4.69, 9.17) is 10.5 Å². The third-order valence-electron chi connectivity index (χ3n) is 7.94. The average molecular weight is 646 g/mol. The van der Waals surface area contributed by atoms with E-state index < -0.39 is 11.9 Å². The molecule has 1 aromatic carbocycles. The first-order chi connectivity index (χ1) is 22.1. The number of fused-ring (bicyclic) bond motifs is 1. The number of nitrogens with zero attached hydrogens (tertiary/aromatic N) is 3. The Morgan fingerprint density at radius 3 is 2.54 bits per heavy atom. The van der Waals surface area contributed by atoms with Gasteiger partial charge in [-0.3, -0.25) is 24.4 Å². The number of Topliss-reactive ketones (excluding diaryl/α,β-unsaturated/α-hetero) is 1. The van der Waals surface area contributed by atoms with Gasteiger partial charge in [-0.25, -0.2) is 4.39 Å². The molecule has 242 valence electrons. The zero-order valence-corrected chi connectivity index (χ0v) is 27.2. The summed E-state index contributed by atoms with van der Waals surface area (Å²) in [5, 5.41) is 2.65. The molecule has 5 rings (SSSR count). The molecule has 0 bridgehead atoms. The number of halogens is 1. The number of amides is 2. The molecule has 0 unspecified atom stereocenters. The summed E-state index contributed by atoms with van der Waals surface area (Å²) in [4.78, 5) is 49.0. The van der Waals surface area contributed by atoms with Gasteiger partial charge in [0.2, 0.25) is 11.8 Å². The summed E-state index contributed by atoms with van der Waals surface area (Å²) in [6.07, 6.45) is 7.14. The minimum Gasteiger partial charge on any atom is -0.453 e. The summed E-state index contributed by atoms with van der Waals surface area (Å²) >= 11 is 1.44. The fourth-order valence-corrected chi connectivity index (χ4v) is 6.10. The Morgan fingerprint density at radius 1 is 1.09 bits per heavy atom. The highest BCUT2D eigenvalue weighted by Gasteiger charge is 2.24. The summed E-state index contributed by atoms with van der Waals surface area (Å²) in [7, 11) is 0. The molecule has 0 spiro atoms. The molecule has 3 N–H and O–H groups in total. The highest BCUT2D eigenvalue weighted by molar-refractivity contribution is 7.22. The van der Waals surface area contributed by atoms with Crippen LogP contribution in [-0.4, -0.2) is 51.6 Å². The van der Waals surface area contributed by atoms with E-state index in [1.165, 1.54) is 17.4 Å². The van der Waals surface area contributed by atoms with Crippen molar-refractivity contribution in [1.82, 2.24) is 20.2 Å². The van der Waals surface area contributed by atoms with Crippen molar-refractivity contribution in [1.29, 1.82) is 0 Å². The molecule has 4 aromatic rings. The number of benzene rings is 1. The van der Waals surface area contributed by atoms with Crippen LogP contribution < -0.4 is 15.8 Å². The van der Waals surface area contributed by atoms with Crippen LogP contribution in [0.5, 0.6) is 11.5 Å². The molecule has 0 saturated heterocycles. The van der Waals surface area contributed by atoms with Crippen LogP contribution >= 0.6 is 11.3 Å². The number of nitrogens with one attached hydrogen (secondary N) is 1. The van der Waals surface area contributed by atoms with E-state index in [9.17, 15) is 18.8 Å². The Balaban J connectivity index is 1.24. The second kappa shape index (κ2) is 14.9. The van der Waals surface area contributed by atoms with Crippen molar-refractivity contribution in [3.8, 4) is 22.1 Å². The zero-order chi connectivity index (χ0) is 32.8. The molecule has 46 heavy (non-hydrogen) atoms. The largest absolute Gasteiger partial charge is 0.453 e. The number of thiophene rings is 1. The second-order valence-corrected chi connectivity index (χ2v) is 13.3. The minimum atomic E-state index is -0.664. The first kappa shape index (κ1) is 33.2. The van der Waals surface area contributed by atoms with Gasteiger partial charge < -0.3 is 20.7 Å². The lowest BCUT2D eigenvalue weighted by atomic mass is 10.0. The topological polar surface area (TPSA) is 128 Å². The van der Waals surface area contributed by atoms with Crippen molar-refractivity contribution in [2.24, 2.45) is 17.6 Å². The summed E-state index contributed by atoms with van der Waals surface area (Å²) in [6.45, 7) is 6.49. The third kappa shape index (κ3) is 8.52. The van der Waals surface area contributed by atoms with Crippen LogP contribution in [0.15, 0.2) is 54.9 Å². The number of pyridine rings is 2. The average Bonchev–Trinajstić information content (AvgIpc) is 3.74. The predicted octanol–water partition coefficient (Wildman–Crippen LogP) is 6.04. The van der Waals surface area contributed by atoms with Gasteiger partial charge in [0.05, 0.1) is 33.4 Å². The van der Waals surface area contributed by atoms with E-state index >= 15 is 0 Å². The monoisotopic (exact) mass is 645 g/mol. The smallest absolute Gasteiger partial charge is 0.242 e. The lowest BCUT2D eigenvalue weighted by molar-refractivity contribution is -0.133. The fraction of sp³-hybridized carbons (Fsp3) is 0.400. The van der Waals surface area contributed by atoms with E-state index in [-0.39, 0.29) is 42.2 Å². The molecule has 1 saturated carbocycles. The van der Waals surface area contributed by atoms with Gasteiger partial charge in [0, 0.05) is 44.4 Å². The number of hydrogen-bond donors (Lipinski definition) is 2. The van der Waals surface area contributed by atoms with Crippen molar-refractivity contribution in [3.63, 3.8) is 0 Å². The molecule has 11 heteroatoms. The van der Waals surface area contributed by atoms with Crippen LogP contribution in [0.4, 0.5) is 4.39 Å². The Kier molecular flexibility index (Phi) is 10.7. The van der Waals surface area contributed by atoms with Gasteiger partial charge in [-0.2, -0.15) is 0 Å². The van der Waals surface area contributed by atoms with Gasteiger partial charge in [-0.15, -0.1) is 11.3 Å². The lowest BCUT2D eigenvalue weighted by Gasteiger charge is -2.23. The number of aromatic nitrogens is 2. The van der Waals surface area contributed by atoms with Crippen molar-refractivity contribution >= 4 is 39.2 Å². The summed E-state index contributed by atoms with van der Waals surface area (Å²) in [5.41, 5.74) is 8.82. The van der Waals surface area contributed by atoms with E-state index in [0.29, 0.717) is 42.3 Å². The Labute approximate surface area is 272 Å². The van der Waals surface area contributed by atoms with E-state index in [1.54, 1.807) is 35.5 Å². The molecule has 2 amide bonds. The maximum absolute atomic E-state index is 15.0. The van der Waals surface area contributed by atoms with Gasteiger partial charge in [-0.05, 0) is 66.5 Å². The van der Waals surface area contributed by atoms with E-state index in [0.717, 1.165) is 40.1 Å². The second-order valence-electron chi connectivity index (χ2n) is 12.2. The number of hydrogen-bond acceptors (Lipinski definition) is 8. The maximum atomic E-state index is 15.0. The third-order valence-corrected chi connectivity index (χ3v) is 9.10. The molecular weight excluding hydrogens is 605 g/mol. The van der Waals surface area contributed by atoms with Crippen LogP contribution in [0, 0.1) is 17.7 Å². The Bertz CT molecular complexity index is 1700. The Morgan fingerprint density at radius 2 is 1.87 bits per heavy atom. The van der Waals surface area contributed by atoms with Crippen molar-refractivity contribution < 1.29 is 23.5 Å². The van der Waals surface area contributed by atoms with Crippen LogP contribution in [-0.2, 0) is 27.3 Å². The van der Waals surface area contributed by atoms with Crippen LogP contribution in [0.2, 0.25) is 0 Å². The lowest BCUT2D eigenvalue weighted by Crippen LogP contribution is -2.47. The first-order valence-corrected chi connectivity index (χ1v) is 16.6. The molecule has 9 nitrogen and oxygen atoms in total. The minimum absolute atomic E-state index is 0.0255. The molecule has 3 heterocycles. The number of rotatable bonds is 15. The number of nitrogens with two attached hydrogens (primary N) is 1. The number of carbonyl (C=O) groups excluding carboxylic acids is 3.